The zero-order valence-electron chi connectivity index (χ0n) is 13.5. The van der Waals surface area contributed by atoms with Crippen LogP contribution in [0.5, 0.6) is 5.75 Å². The molecular formula is C20H34FNO2Y. The molecule has 0 saturated heterocycles. The molecule has 0 aliphatic heterocycles. The van der Waals surface area contributed by atoms with Crippen LogP contribution in [0.3, 0.4) is 0 Å². The van der Waals surface area contributed by atoms with Crippen molar-refractivity contribution >= 4 is 0 Å². The first kappa shape index (κ1) is 31.7. The smallest absolute Gasteiger partial charge is 0.254 e. The summed E-state index contributed by atoms with van der Waals surface area (Å²) in [6.45, 7) is 8.01. The van der Waals surface area contributed by atoms with Gasteiger partial charge in [0, 0.05) is 51.0 Å². The maximum absolute atomic E-state index is 12.4. The molecule has 2 rings (SSSR count). The van der Waals surface area contributed by atoms with Gasteiger partial charge in [0.15, 0.2) is 0 Å². The second kappa shape index (κ2) is 15.3. The molecule has 0 amide bonds. The molecule has 0 aliphatic carbocycles. The van der Waals surface area contributed by atoms with Crippen LogP contribution in [-0.4, -0.2) is 9.67 Å². The molecule has 1 aromatic carbocycles. The van der Waals surface area contributed by atoms with Crippen LogP contribution in [0.4, 0.5) is 4.39 Å². The van der Waals surface area contributed by atoms with Crippen molar-refractivity contribution in [1.82, 2.24) is 4.57 Å². The second-order valence-electron chi connectivity index (χ2n) is 5.43. The topological polar surface area (TPSA) is 42.2 Å². The average Bonchev–Trinajstić information content (AvgIpc) is 2.39. The van der Waals surface area contributed by atoms with Gasteiger partial charge in [0.1, 0.15) is 11.6 Å². The minimum absolute atomic E-state index is 0. The number of halogens is 1. The fraction of sp³-hybridized carbons (Fsp3) is 0.450. The van der Waals surface area contributed by atoms with Crippen LogP contribution in [0, 0.1) is 5.82 Å². The van der Waals surface area contributed by atoms with Gasteiger partial charge in [0.05, 0.1) is 0 Å². The molecule has 0 spiro atoms. The molecule has 0 bridgehead atoms. The van der Waals surface area contributed by atoms with E-state index < -0.39 is 0 Å². The fourth-order valence-electron chi connectivity index (χ4n) is 1.75. The second-order valence-corrected chi connectivity index (χ2v) is 5.43. The number of hydrogen-bond donors (Lipinski definition) is 1. The summed E-state index contributed by atoms with van der Waals surface area (Å²) in [6, 6.07) is 9.48. The Balaban J connectivity index is -0.000000152. The Bertz CT molecular complexity index is 622. The van der Waals surface area contributed by atoms with Crippen molar-refractivity contribution in [2.75, 3.05) is 0 Å². The molecule has 5 heteroatoms. The molecule has 0 atom stereocenters. The van der Waals surface area contributed by atoms with E-state index in [4.69, 9.17) is 5.11 Å². The van der Waals surface area contributed by atoms with Gasteiger partial charge in [-0.15, -0.1) is 0 Å². The van der Waals surface area contributed by atoms with Gasteiger partial charge in [-0.05, 0) is 43.5 Å². The van der Waals surface area contributed by atoms with Crippen molar-refractivity contribution < 1.29 is 42.2 Å². The molecule has 1 aromatic heterocycles. The first-order chi connectivity index (χ1) is 9.81. The van der Waals surface area contributed by atoms with Gasteiger partial charge in [-0.2, -0.15) is 0 Å². The Morgan fingerprint density at radius 1 is 0.960 bits per heavy atom. The van der Waals surface area contributed by atoms with E-state index in [0.717, 1.165) is 0 Å². The van der Waals surface area contributed by atoms with Crippen LogP contribution < -0.4 is 5.56 Å². The molecule has 0 fully saturated rings. The molecule has 1 heterocycles. The fourth-order valence-corrected chi connectivity index (χ4v) is 1.75. The number of benzene rings is 1. The van der Waals surface area contributed by atoms with Crippen molar-refractivity contribution in [1.29, 1.82) is 0 Å². The number of nitrogens with zero attached hydrogens (tertiary/aromatic N) is 1. The summed E-state index contributed by atoms with van der Waals surface area (Å²) in [7, 11) is 0. The third kappa shape index (κ3) is 11.3. The first-order valence-electron chi connectivity index (χ1n) is 6.98. The van der Waals surface area contributed by atoms with E-state index in [-0.39, 0.29) is 78.2 Å². The van der Waals surface area contributed by atoms with E-state index in [1.807, 2.05) is 26.0 Å². The number of aromatic hydroxyl groups is 1. The van der Waals surface area contributed by atoms with E-state index in [0.29, 0.717) is 5.92 Å². The van der Waals surface area contributed by atoms with Crippen LogP contribution >= 0.6 is 0 Å². The quantitative estimate of drug-likeness (QED) is 0.639. The third-order valence-corrected chi connectivity index (χ3v) is 3.02. The van der Waals surface area contributed by atoms with E-state index in [1.165, 1.54) is 29.8 Å². The van der Waals surface area contributed by atoms with E-state index in [1.54, 1.807) is 10.8 Å². The van der Waals surface area contributed by atoms with E-state index in [2.05, 4.69) is 13.8 Å². The number of pyridine rings is 1. The zero-order chi connectivity index (χ0) is 16.0. The van der Waals surface area contributed by atoms with Gasteiger partial charge in [0.2, 0.25) is 0 Å². The molecule has 141 valence electrons. The Morgan fingerprint density at radius 3 is 1.80 bits per heavy atom. The van der Waals surface area contributed by atoms with E-state index in [9.17, 15) is 9.18 Å². The van der Waals surface area contributed by atoms with Gasteiger partial charge in [-0.1, -0.05) is 48.3 Å². The summed E-state index contributed by atoms with van der Waals surface area (Å²) in [4.78, 5) is 11.1. The van der Waals surface area contributed by atoms with Crippen molar-refractivity contribution in [3.8, 4) is 5.75 Å². The molecule has 25 heavy (non-hydrogen) atoms. The van der Waals surface area contributed by atoms with Crippen LogP contribution in [0.2, 0.25) is 0 Å². The summed E-state index contributed by atoms with van der Waals surface area (Å²) in [5.74, 6) is 0.344. The van der Waals surface area contributed by atoms with Crippen LogP contribution in [0.25, 0.3) is 0 Å². The predicted octanol–water partition coefficient (Wildman–Crippen LogP) is 5.99. The van der Waals surface area contributed by atoms with Gasteiger partial charge in [0.25, 0.3) is 5.56 Å². The van der Waals surface area contributed by atoms with E-state index >= 15 is 0 Å². The molecular weight excluding hydrogens is 394 g/mol. The first-order valence-corrected chi connectivity index (χ1v) is 6.98. The SMILES string of the molecule is C.C.C.CC(C)c1ccc(F)cc1.CC(C)n1ccc(O)cc1=O.[Y]. The molecule has 0 unspecified atom stereocenters. The summed E-state index contributed by atoms with van der Waals surface area (Å²) >= 11 is 0. The predicted molar refractivity (Wildman–Crippen MR) is 103 cm³/mol. The van der Waals surface area contributed by atoms with Gasteiger partial charge < -0.3 is 9.67 Å². The maximum Gasteiger partial charge on any atom is 0.254 e. The largest absolute Gasteiger partial charge is 0.508 e. The number of aromatic nitrogens is 1. The molecule has 1 radical (unpaired) electrons. The monoisotopic (exact) mass is 428 g/mol. The molecule has 0 saturated carbocycles. The number of hydrogen-bond acceptors (Lipinski definition) is 2. The maximum atomic E-state index is 12.4. The van der Waals surface area contributed by atoms with Crippen molar-refractivity contribution in [3.05, 3.63) is 64.3 Å². The summed E-state index contributed by atoms with van der Waals surface area (Å²) in [5.41, 5.74) is 1.02. The molecule has 0 aliphatic rings. The number of rotatable bonds is 2. The van der Waals surface area contributed by atoms with Crippen LogP contribution in [0.15, 0.2) is 47.4 Å². The molecule has 2 aromatic rings. The minimum Gasteiger partial charge on any atom is -0.508 e. The Hall–Kier alpha value is -0.996. The summed E-state index contributed by atoms with van der Waals surface area (Å²) in [6.07, 6.45) is 1.59. The third-order valence-electron chi connectivity index (χ3n) is 3.02. The Kier molecular flexibility index (Phi) is 19.4. The van der Waals surface area contributed by atoms with Gasteiger partial charge in [-0.25, -0.2) is 4.39 Å². The normalized spacial score (nSPS) is 8.76. The standard InChI is InChI=1S/C9H11F.C8H11NO2.3CH4.Y/c1-7(2)8-3-5-9(10)6-4-8;1-6(2)9-4-3-7(10)5-8(9)11;;;;/h3-7H,1-2H3;3-6,10H,1-2H3;3*1H4;. The van der Waals surface area contributed by atoms with Gasteiger partial charge >= 0.3 is 0 Å². The van der Waals surface area contributed by atoms with Crippen molar-refractivity contribution in [2.45, 2.75) is 61.9 Å². The molecule has 1 N–H and O–H groups in total. The minimum atomic E-state index is -0.167. The van der Waals surface area contributed by atoms with Crippen LogP contribution in [-0.2, 0) is 32.7 Å². The Labute approximate surface area is 178 Å². The summed E-state index contributed by atoms with van der Waals surface area (Å²) in [5, 5.41) is 8.91. The average molecular weight is 428 g/mol. The van der Waals surface area contributed by atoms with Crippen molar-refractivity contribution in [2.24, 2.45) is 0 Å². The van der Waals surface area contributed by atoms with Crippen LogP contribution in [0.1, 0.15) is 67.5 Å². The summed E-state index contributed by atoms with van der Waals surface area (Å²) < 4.78 is 13.9. The van der Waals surface area contributed by atoms with Crippen molar-refractivity contribution in [3.63, 3.8) is 0 Å². The van der Waals surface area contributed by atoms with Gasteiger partial charge in [-0.3, -0.25) is 4.79 Å². The zero-order valence-corrected chi connectivity index (χ0v) is 16.3. The molecule has 3 nitrogen and oxygen atoms in total. The Morgan fingerprint density at radius 2 is 1.44 bits per heavy atom.